The SMILES string of the molecule is C[C@@H](Sc1nnnn1C[C@H]1CCCO1)c1cccc(C#N)c1. The number of nitrogens with zero attached hydrogens (tertiary/aromatic N) is 5. The summed E-state index contributed by atoms with van der Waals surface area (Å²) in [5.41, 5.74) is 1.76. The van der Waals surface area contributed by atoms with Crippen LogP contribution in [0.2, 0.25) is 0 Å². The molecule has 2 aromatic rings. The highest BCUT2D eigenvalue weighted by molar-refractivity contribution is 7.99. The summed E-state index contributed by atoms with van der Waals surface area (Å²) < 4.78 is 7.45. The second-order valence-corrected chi connectivity index (χ2v) is 6.58. The minimum Gasteiger partial charge on any atom is -0.376 e. The van der Waals surface area contributed by atoms with Gasteiger partial charge in [-0.3, -0.25) is 0 Å². The monoisotopic (exact) mass is 315 g/mol. The lowest BCUT2D eigenvalue weighted by Crippen LogP contribution is -2.17. The minimum atomic E-state index is 0.169. The second-order valence-electron chi connectivity index (χ2n) is 5.28. The third-order valence-corrected chi connectivity index (χ3v) is 4.80. The molecular formula is C15H17N5OS. The summed E-state index contributed by atoms with van der Waals surface area (Å²) in [6.07, 6.45) is 2.37. The average molecular weight is 315 g/mol. The first-order valence-corrected chi connectivity index (χ1v) is 8.18. The van der Waals surface area contributed by atoms with Gasteiger partial charge in [0, 0.05) is 11.9 Å². The highest BCUT2D eigenvalue weighted by Gasteiger charge is 2.20. The predicted octanol–water partition coefficient (Wildman–Crippen LogP) is 2.58. The summed E-state index contributed by atoms with van der Waals surface area (Å²) in [6, 6.07) is 9.81. The van der Waals surface area contributed by atoms with Gasteiger partial charge in [0.15, 0.2) is 0 Å². The Morgan fingerprint density at radius 3 is 3.23 bits per heavy atom. The van der Waals surface area contributed by atoms with Crippen LogP contribution >= 0.6 is 11.8 Å². The molecule has 2 heterocycles. The lowest BCUT2D eigenvalue weighted by atomic mass is 10.1. The van der Waals surface area contributed by atoms with Crippen LogP contribution in [0.3, 0.4) is 0 Å². The van der Waals surface area contributed by atoms with E-state index in [1.165, 1.54) is 0 Å². The summed E-state index contributed by atoms with van der Waals surface area (Å²) >= 11 is 1.59. The summed E-state index contributed by atoms with van der Waals surface area (Å²) in [7, 11) is 0. The fourth-order valence-electron chi connectivity index (χ4n) is 2.46. The molecule has 0 unspecified atom stereocenters. The van der Waals surface area contributed by atoms with E-state index < -0.39 is 0 Å². The van der Waals surface area contributed by atoms with Gasteiger partial charge in [0.2, 0.25) is 5.16 Å². The van der Waals surface area contributed by atoms with Crippen LogP contribution in [0.1, 0.15) is 36.1 Å². The standard InChI is InChI=1S/C15H17N5OS/c1-11(13-5-2-4-12(8-13)9-16)22-15-17-18-19-20(15)10-14-6-3-7-21-14/h2,4-5,8,11,14H,3,6-7,10H2,1H3/t11-,14-/m1/s1. The summed E-state index contributed by atoms with van der Waals surface area (Å²) in [6.45, 7) is 3.61. The van der Waals surface area contributed by atoms with Crippen LogP contribution in [-0.2, 0) is 11.3 Å². The molecule has 6 nitrogen and oxygen atoms in total. The van der Waals surface area contributed by atoms with Gasteiger partial charge in [-0.05, 0) is 47.9 Å². The largest absolute Gasteiger partial charge is 0.376 e. The van der Waals surface area contributed by atoms with E-state index in [0.29, 0.717) is 12.1 Å². The number of aromatic nitrogens is 4. The Hall–Kier alpha value is -1.91. The molecule has 22 heavy (non-hydrogen) atoms. The van der Waals surface area contributed by atoms with Gasteiger partial charge in [-0.25, -0.2) is 4.68 Å². The molecule has 0 spiro atoms. The van der Waals surface area contributed by atoms with Crippen LogP contribution in [0.4, 0.5) is 0 Å². The Balaban J connectivity index is 1.70. The van der Waals surface area contributed by atoms with Gasteiger partial charge in [0.05, 0.1) is 24.3 Å². The zero-order chi connectivity index (χ0) is 15.4. The molecule has 0 saturated carbocycles. The minimum absolute atomic E-state index is 0.169. The van der Waals surface area contributed by atoms with Crippen molar-refractivity contribution in [1.82, 2.24) is 20.2 Å². The van der Waals surface area contributed by atoms with Crippen molar-refractivity contribution in [2.45, 2.75) is 42.8 Å². The molecule has 0 aliphatic carbocycles. The Morgan fingerprint density at radius 1 is 1.55 bits per heavy atom. The van der Waals surface area contributed by atoms with Gasteiger partial charge < -0.3 is 4.74 Å². The summed E-state index contributed by atoms with van der Waals surface area (Å²) in [5, 5.41) is 21.9. The Kier molecular flexibility index (Phi) is 4.71. The van der Waals surface area contributed by atoms with Crippen LogP contribution in [0.25, 0.3) is 0 Å². The molecule has 0 bridgehead atoms. The Labute approximate surface area is 133 Å². The topological polar surface area (TPSA) is 76.6 Å². The number of benzene rings is 1. The maximum absolute atomic E-state index is 9.00. The third kappa shape index (κ3) is 3.46. The molecule has 0 N–H and O–H groups in total. The van der Waals surface area contributed by atoms with Crippen molar-refractivity contribution in [3.8, 4) is 6.07 Å². The third-order valence-electron chi connectivity index (χ3n) is 3.67. The van der Waals surface area contributed by atoms with Gasteiger partial charge in [-0.2, -0.15) is 5.26 Å². The van der Waals surface area contributed by atoms with E-state index in [1.54, 1.807) is 11.8 Å². The molecule has 1 fully saturated rings. The Bertz CT molecular complexity index is 675. The molecule has 0 amide bonds. The van der Waals surface area contributed by atoms with Crippen molar-refractivity contribution in [1.29, 1.82) is 5.26 Å². The molecule has 114 valence electrons. The number of hydrogen-bond acceptors (Lipinski definition) is 6. The van der Waals surface area contributed by atoms with Crippen LogP contribution < -0.4 is 0 Å². The van der Waals surface area contributed by atoms with Crippen LogP contribution in [-0.4, -0.2) is 32.9 Å². The zero-order valence-corrected chi connectivity index (χ0v) is 13.2. The van der Waals surface area contributed by atoms with E-state index in [1.807, 2.05) is 28.9 Å². The van der Waals surface area contributed by atoms with Gasteiger partial charge in [0.1, 0.15) is 0 Å². The molecule has 1 saturated heterocycles. The van der Waals surface area contributed by atoms with Gasteiger partial charge in [-0.15, -0.1) is 5.10 Å². The number of thioether (sulfide) groups is 1. The smallest absolute Gasteiger partial charge is 0.209 e. The number of ether oxygens (including phenoxy) is 1. The highest BCUT2D eigenvalue weighted by Crippen LogP contribution is 2.33. The van der Waals surface area contributed by atoms with Crippen molar-refractivity contribution >= 4 is 11.8 Å². The summed E-state index contributed by atoms with van der Waals surface area (Å²) in [5.74, 6) is 0. The van der Waals surface area contributed by atoms with Crippen molar-refractivity contribution in [3.63, 3.8) is 0 Å². The molecule has 1 aromatic carbocycles. The van der Waals surface area contributed by atoms with Crippen molar-refractivity contribution in [3.05, 3.63) is 35.4 Å². The van der Waals surface area contributed by atoms with E-state index in [0.717, 1.165) is 30.2 Å². The number of tetrazole rings is 1. The van der Waals surface area contributed by atoms with Crippen molar-refractivity contribution < 1.29 is 4.74 Å². The van der Waals surface area contributed by atoms with Gasteiger partial charge in [0.25, 0.3) is 0 Å². The van der Waals surface area contributed by atoms with E-state index in [9.17, 15) is 0 Å². The van der Waals surface area contributed by atoms with E-state index in [2.05, 4.69) is 28.5 Å². The van der Waals surface area contributed by atoms with Gasteiger partial charge in [-0.1, -0.05) is 23.9 Å². The maximum atomic E-state index is 9.00. The van der Waals surface area contributed by atoms with Crippen LogP contribution in [0, 0.1) is 11.3 Å². The number of nitriles is 1. The second kappa shape index (κ2) is 6.90. The lowest BCUT2D eigenvalue weighted by Gasteiger charge is -2.13. The van der Waals surface area contributed by atoms with E-state index in [4.69, 9.17) is 10.00 Å². The maximum Gasteiger partial charge on any atom is 0.209 e. The molecule has 3 rings (SSSR count). The first-order valence-electron chi connectivity index (χ1n) is 7.31. The van der Waals surface area contributed by atoms with Crippen molar-refractivity contribution in [2.24, 2.45) is 0 Å². The normalized spacial score (nSPS) is 19.0. The van der Waals surface area contributed by atoms with Crippen LogP contribution in [0.15, 0.2) is 29.4 Å². The molecule has 1 aliphatic rings. The summed E-state index contributed by atoms with van der Waals surface area (Å²) in [4.78, 5) is 0. The zero-order valence-electron chi connectivity index (χ0n) is 12.3. The molecule has 1 aliphatic heterocycles. The fourth-order valence-corrected chi connectivity index (χ4v) is 3.38. The molecule has 1 aromatic heterocycles. The lowest BCUT2D eigenvalue weighted by molar-refractivity contribution is 0.0911. The number of rotatable bonds is 5. The quantitative estimate of drug-likeness (QED) is 0.789. The van der Waals surface area contributed by atoms with Crippen molar-refractivity contribution in [2.75, 3.05) is 6.61 Å². The first kappa shape index (κ1) is 15.0. The predicted molar refractivity (Wildman–Crippen MR) is 82.2 cm³/mol. The van der Waals surface area contributed by atoms with E-state index in [-0.39, 0.29) is 11.4 Å². The fraction of sp³-hybridized carbons (Fsp3) is 0.467. The molecular weight excluding hydrogens is 298 g/mol. The van der Waals surface area contributed by atoms with Crippen LogP contribution in [0.5, 0.6) is 0 Å². The molecule has 0 radical (unpaired) electrons. The molecule has 2 atom stereocenters. The Morgan fingerprint density at radius 2 is 2.45 bits per heavy atom. The highest BCUT2D eigenvalue weighted by atomic mass is 32.2. The first-order chi connectivity index (χ1) is 10.8. The van der Waals surface area contributed by atoms with Gasteiger partial charge >= 0.3 is 0 Å². The van der Waals surface area contributed by atoms with E-state index >= 15 is 0 Å². The molecule has 7 heteroatoms. The average Bonchev–Trinajstić information content (AvgIpc) is 3.20. The number of hydrogen-bond donors (Lipinski definition) is 0.